The van der Waals surface area contributed by atoms with Crippen molar-refractivity contribution in [1.82, 2.24) is 44.6 Å². The molecule has 3 aromatic heterocycles. The van der Waals surface area contributed by atoms with E-state index in [0.29, 0.717) is 84.4 Å². The number of ether oxygens (including phenoxy) is 3. The number of thioether (sulfide) groups is 1. The van der Waals surface area contributed by atoms with Crippen LogP contribution in [0.25, 0.3) is 11.0 Å². The second-order valence-electron chi connectivity index (χ2n) is 16.2. The number of carboxylic acid groups (broad SMARTS) is 2. The van der Waals surface area contributed by atoms with E-state index >= 15 is 0 Å². The number of hydrogen-bond donors (Lipinski definition) is 6. The van der Waals surface area contributed by atoms with Crippen molar-refractivity contribution in [3.05, 3.63) is 59.0 Å². The number of nitrogens with zero attached hydrogens (tertiary/aromatic N) is 8. The number of fused-ring (bicyclic) bond motifs is 1. The fourth-order valence-electron chi connectivity index (χ4n) is 7.27. The number of carbonyl (C=O) groups is 4. The SMILES string of the molecule is CCCCCNc1nc(N)nc2ccn(Cc3ccc(CN4CCN(C(=O)CCCOCCOCCOCCn5cc(CNC(=O)[C@H](CC(=O)O)SC[C@H](N)C(=O)O)nn5)CC4)cc3C)c12. The number of unbranched alkanes of at least 4 members (excludes halogenated alkanes) is 2. The van der Waals surface area contributed by atoms with E-state index in [9.17, 15) is 19.2 Å². The van der Waals surface area contributed by atoms with E-state index in [1.165, 1.54) is 16.7 Å². The van der Waals surface area contributed by atoms with Crippen LogP contribution in [-0.4, -0.2) is 163 Å². The van der Waals surface area contributed by atoms with Crippen molar-refractivity contribution in [1.29, 1.82) is 0 Å². The number of anilines is 2. The van der Waals surface area contributed by atoms with Crippen molar-refractivity contribution >= 4 is 58.3 Å². The van der Waals surface area contributed by atoms with Crippen LogP contribution in [0, 0.1) is 6.92 Å². The van der Waals surface area contributed by atoms with E-state index in [1.54, 1.807) is 10.9 Å². The first-order valence-corrected chi connectivity index (χ1v) is 23.6. The third kappa shape index (κ3) is 17.1. The standard InChI is InChI=1S/C44H66N12O9S/c1-3-4-5-11-47-41-40-36(49-44(46)50-41)10-12-55(40)28-33-9-8-32(24-31(33)2)27-53-13-15-54(16-14-53)38(57)7-6-18-63-20-22-65-23-21-64-19-17-56-29-34(51-52-56)26-48-42(60)37(25-39(58)59)66-30-35(45)43(61)62/h8-10,12,24,29,35,37H,3-7,11,13-23,25-28,30,45H2,1-2H3,(H,48,60)(H,58,59)(H,61,62)(H3,46,47,49,50)/t35-,37-/m0/s1. The van der Waals surface area contributed by atoms with Gasteiger partial charge < -0.3 is 56.0 Å². The Kier molecular flexibility index (Phi) is 21.3. The maximum atomic E-state index is 12.9. The number of aryl methyl sites for hydroxylation is 1. The molecule has 4 heterocycles. The Labute approximate surface area is 389 Å². The second kappa shape index (κ2) is 27.3. The quantitative estimate of drug-likeness (QED) is 0.0395. The Morgan fingerprint density at radius 3 is 2.38 bits per heavy atom. The van der Waals surface area contributed by atoms with Crippen molar-refractivity contribution in [2.24, 2.45) is 5.73 Å². The minimum absolute atomic E-state index is 0.0191. The molecule has 4 aromatic rings. The van der Waals surface area contributed by atoms with Crippen LogP contribution in [0.2, 0.25) is 0 Å². The molecule has 0 aliphatic carbocycles. The molecule has 66 heavy (non-hydrogen) atoms. The molecule has 1 aliphatic rings. The number of carbonyl (C=O) groups excluding carboxylic acids is 2. The number of rotatable bonds is 31. The van der Waals surface area contributed by atoms with Gasteiger partial charge in [0.05, 0.1) is 69.5 Å². The molecule has 5 rings (SSSR count). The van der Waals surface area contributed by atoms with Gasteiger partial charge in [-0.05, 0) is 42.5 Å². The Hall–Kier alpha value is -5.39. The number of nitrogen functional groups attached to an aromatic ring is 1. The summed E-state index contributed by atoms with van der Waals surface area (Å²) in [5, 5.41) is 31.2. The van der Waals surface area contributed by atoms with E-state index in [2.05, 4.69) is 72.4 Å². The van der Waals surface area contributed by atoms with Gasteiger partial charge in [-0.1, -0.05) is 43.2 Å². The highest BCUT2D eigenvalue weighted by molar-refractivity contribution is 8.00. The Morgan fingerprint density at radius 1 is 0.924 bits per heavy atom. The number of piperazine rings is 1. The van der Waals surface area contributed by atoms with Gasteiger partial charge in [0.25, 0.3) is 0 Å². The van der Waals surface area contributed by atoms with Crippen LogP contribution in [0.4, 0.5) is 11.8 Å². The number of hydrogen-bond acceptors (Lipinski definition) is 16. The van der Waals surface area contributed by atoms with Crippen molar-refractivity contribution in [2.75, 3.05) is 89.2 Å². The summed E-state index contributed by atoms with van der Waals surface area (Å²) >= 11 is 0.875. The van der Waals surface area contributed by atoms with Gasteiger partial charge in [0, 0.05) is 70.8 Å². The van der Waals surface area contributed by atoms with Crippen molar-refractivity contribution < 1.29 is 43.6 Å². The molecule has 1 aromatic carbocycles. The Balaban J connectivity index is 0.876. The molecular weight excluding hydrogens is 873 g/mol. The Morgan fingerprint density at radius 2 is 1.67 bits per heavy atom. The van der Waals surface area contributed by atoms with Gasteiger partial charge >= 0.3 is 11.9 Å². The van der Waals surface area contributed by atoms with Crippen molar-refractivity contribution in [2.45, 2.75) is 89.8 Å². The van der Waals surface area contributed by atoms with E-state index in [0.717, 1.165) is 74.1 Å². The van der Waals surface area contributed by atoms with Gasteiger partial charge in [0.1, 0.15) is 17.3 Å². The molecule has 0 radical (unpaired) electrons. The third-order valence-electron chi connectivity index (χ3n) is 10.9. The first-order chi connectivity index (χ1) is 31.9. The molecule has 8 N–H and O–H groups in total. The van der Waals surface area contributed by atoms with Crippen LogP contribution < -0.4 is 22.1 Å². The smallest absolute Gasteiger partial charge is 0.321 e. The normalized spacial score (nSPS) is 14.1. The Bertz CT molecular complexity index is 2160. The van der Waals surface area contributed by atoms with E-state index in [4.69, 9.17) is 35.9 Å². The van der Waals surface area contributed by atoms with E-state index in [1.807, 2.05) is 17.2 Å². The summed E-state index contributed by atoms with van der Waals surface area (Å²) in [6.07, 6.45) is 7.69. The van der Waals surface area contributed by atoms with Gasteiger partial charge in [0.15, 0.2) is 5.82 Å². The zero-order valence-electron chi connectivity index (χ0n) is 38.1. The molecule has 1 saturated heterocycles. The largest absolute Gasteiger partial charge is 0.481 e. The number of benzene rings is 1. The van der Waals surface area contributed by atoms with Gasteiger partial charge in [-0.15, -0.1) is 16.9 Å². The number of carboxylic acids is 2. The first-order valence-electron chi connectivity index (χ1n) is 22.6. The van der Waals surface area contributed by atoms with Crippen LogP contribution >= 0.6 is 11.8 Å². The van der Waals surface area contributed by atoms with Crippen LogP contribution in [0.3, 0.4) is 0 Å². The van der Waals surface area contributed by atoms with Crippen LogP contribution in [0.1, 0.15) is 67.8 Å². The number of nitrogens with one attached hydrogen (secondary N) is 2. The fourth-order valence-corrected chi connectivity index (χ4v) is 8.35. The summed E-state index contributed by atoms with van der Waals surface area (Å²) < 4.78 is 20.6. The molecule has 362 valence electrons. The lowest BCUT2D eigenvalue weighted by molar-refractivity contribution is -0.138. The summed E-state index contributed by atoms with van der Waals surface area (Å²) in [7, 11) is 0. The molecule has 2 atom stereocenters. The number of nitrogens with two attached hydrogens (primary N) is 2. The molecule has 21 nitrogen and oxygen atoms in total. The summed E-state index contributed by atoms with van der Waals surface area (Å²) in [5.41, 5.74) is 17.5. The average molecular weight is 939 g/mol. The van der Waals surface area contributed by atoms with Crippen LogP contribution in [-0.2, 0) is 59.6 Å². The van der Waals surface area contributed by atoms with Gasteiger partial charge in [-0.2, -0.15) is 4.98 Å². The van der Waals surface area contributed by atoms with Crippen molar-refractivity contribution in [3.8, 4) is 0 Å². The first kappa shape index (κ1) is 51.6. The van der Waals surface area contributed by atoms with E-state index in [-0.39, 0.29) is 24.2 Å². The van der Waals surface area contributed by atoms with E-state index < -0.39 is 35.6 Å². The lowest BCUT2D eigenvalue weighted by atomic mass is 10.0. The number of aliphatic carboxylic acids is 2. The molecule has 0 bridgehead atoms. The molecule has 1 fully saturated rings. The third-order valence-corrected chi connectivity index (χ3v) is 12.3. The molecule has 2 amide bonds. The molecule has 1 aliphatic heterocycles. The van der Waals surface area contributed by atoms with Crippen molar-refractivity contribution in [3.63, 3.8) is 0 Å². The van der Waals surface area contributed by atoms with Crippen LogP contribution in [0.5, 0.6) is 0 Å². The predicted molar refractivity (Wildman–Crippen MR) is 250 cm³/mol. The lowest BCUT2D eigenvalue weighted by Crippen LogP contribution is -2.48. The monoisotopic (exact) mass is 938 g/mol. The van der Waals surface area contributed by atoms with Gasteiger partial charge in [-0.25, -0.2) is 9.67 Å². The average Bonchev–Trinajstić information content (AvgIpc) is 3.93. The highest BCUT2D eigenvalue weighted by Crippen LogP contribution is 2.25. The second-order valence-corrected chi connectivity index (χ2v) is 17.4. The minimum atomic E-state index is -1.23. The molecule has 0 saturated carbocycles. The van der Waals surface area contributed by atoms with Gasteiger partial charge in [-0.3, -0.25) is 24.1 Å². The van der Waals surface area contributed by atoms with Gasteiger partial charge in [0.2, 0.25) is 17.8 Å². The topological polar surface area (TPSA) is 280 Å². The minimum Gasteiger partial charge on any atom is -0.481 e. The molecule has 0 spiro atoms. The zero-order chi connectivity index (χ0) is 47.3. The highest BCUT2D eigenvalue weighted by Gasteiger charge is 2.25. The molecule has 0 unspecified atom stereocenters. The summed E-state index contributed by atoms with van der Waals surface area (Å²) in [4.78, 5) is 60.9. The zero-order valence-corrected chi connectivity index (χ0v) is 38.9. The maximum Gasteiger partial charge on any atom is 0.321 e. The van der Waals surface area contributed by atoms with Crippen LogP contribution in [0.15, 0.2) is 36.7 Å². The highest BCUT2D eigenvalue weighted by atomic mass is 32.2. The summed E-state index contributed by atoms with van der Waals surface area (Å²) in [6.45, 7) is 12.7. The lowest BCUT2D eigenvalue weighted by Gasteiger charge is -2.35. The predicted octanol–water partition coefficient (Wildman–Crippen LogP) is 2.34. The number of aromatic nitrogens is 6. The number of amides is 2. The fraction of sp³-hybridized carbons (Fsp3) is 0.591. The molecule has 22 heteroatoms. The summed E-state index contributed by atoms with van der Waals surface area (Å²) in [6, 6.07) is 7.46. The molecular formula is C44H66N12O9S. The maximum absolute atomic E-state index is 12.9. The summed E-state index contributed by atoms with van der Waals surface area (Å²) in [5.74, 6) is -1.89.